The second-order valence-electron chi connectivity index (χ2n) is 4.35. The van der Waals surface area contributed by atoms with Crippen molar-refractivity contribution in [2.45, 2.75) is 19.9 Å². The zero-order valence-corrected chi connectivity index (χ0v) is 10.3. The first-order valence-electron chi connectivity index (χ1n) is 6.15. The Morgan fingerprint density at radius 1 is 0.824 bits per heavy atom. The molecule has 3 rings (SSSR count). The van der Waals surface area contributed by atoms with E-state index in [-0.39, 0.29) is 0 Å². The molecule has 1 heteroatoms. The molecule has 1 aliphatic rings. The summed E-state index contributed by atoms with van der Waals surface area (Å²) in [6.07, 6.45) is 1.19. The number of rotatable bonds is 0. The summed E-state index contributed by atoms with van der Waals surface area (Å²) < 4.78 is 0. The molecule has 88 valence electrons. The van der Waals surface area contributed by atoms with Crippen molar-refractivity contribution in [2.75, 3.05) is 6.54 Å². The standard InChI is InChI=1S/C9H11N.C7H8/c1-2-4-9-7-10-6-5-8(9)3-1;1-7-5-3-2-4-6-7/h1-4,10H,5-7H2;2-6H,1H3. The summed E-state index contributed by atoms with van der Waals surface area (Å²) in [7, 11) is 0. The molecule has 1 N–H and O–H groups in total. The first-order valence-corrected chi connectivity index (χ1v) is 6.15. The second-order valence-corrected chi connectivity index (χ2v) is 4.35. The number of hydrogen-bond acceptors (Lipinski definition) is 1. The molecular weight excluding hydrogens is 206 g/mol. The fourth-order valence-electron chi connectivity index (χ4n) is 1.95. The van der Waals surface area contributed by atoms with Crippen LogP contribution in [0.3, 0.4) is 0 Å². The van der Waals surface area contributed by atoms with Gasteiger partial charge in [0.05, 0.1) is 0 Å². The van der Waals surface area contributed by atoms with Crippen LogP contribution in [-0.2, 0) is 13.0 Å². The molecule has 0 bridgehead atoms. The van der Waals surface area contributed by atoms with Crippen LogP contribution in [0, 0.1) is 6.92 Å². The van der Waals surface area contributed by atoms with Crippen molar-refractivity contribution in [1.29, 1.82) is 0 Å². The van der Waals surface area contributed by atoms with E-state index in [0.29, 0.717) is 0 Å². The van der Waals surface area contributed by atoms with Crippen LogP contribution >= 0.6 is 0 Å². The summed E-state index contributed by atoms with van der Waals surface area (Å²) in [5, 5.41) is 3.34. The minimum absolute atomic E-state index is 1.05. The van der Waals surface area contributed by atoms with Crippen molar-refractivity contribution in [3.63, 3.8) is 0 Å². The third kappa shape index (κ3) is 3.72. The van der Waals surface area contributed by atoms with E-state index in [9.17, 15) is 0 Å². The van der Waals surface area contributed by atoms with Crippen molar-refractivity contribution < 1.29 is 0 Å². The summed E-state index contributed by atoms with van der Waals surface area (Å²) in [4.78, 5) is 0. The summed E-state index contributed by atoms with van der Waals surface area (Å²) in [5.74, 6) is 0. The molecule has 1 nitrogen and oxygen atoms in total. The lowest BCUT2D eigenvalue weighted by Crippen LogP contribution is -2.23. The van der Waals surface area contributed by atoms with Crippen LogP contribution in [0.4, 0.5) is 0 Å². The zero-order chi connectivity index (χ0) is 11.9. The lowest BCUT2D eigenvalue weighted by molar-refractivity contribution is 0.644. The zero-order valence-electron chi connectivity index (χ0n) is 10.3. The van der Waals surface area contributed by atoms with Crippen LogP contribution < -0.4 is 5.32 Å². The van der Waals surface area contributed by atoms with E-state index in [0.717, 1.165) is 13.1 Å². The third-order valence-corrected chi connectivity index (χ3v) is 2.95. The van der Waals surface area contributed by atoms with Gasteiger partial charge in [-0.25, -0.2) is 0 Å². The van der Waals surface area contributed by atoms with Gasteiger partial charge >= 0.3 is 0 Å². The molecule has 1 aliphatic heterocycles. The molecule has 2 aromatic carbocycles. The van der Waals surface area contributed by atoms with Crippen molar-refractivity contribution >= 4 is 0 Å². The summed E-state index contributed by atoms with van der Waals surface area (Å²) >= 11 is 0. The smallest absolute Gasteiger partial charge is 0.0208 e. The van der Waals surface area contributed by atoms with Gasteiger partial charge in [0, 0.05) is 6.54 Å². The first-order chi connectivity index (χ1) is 8.36. The van der Waals surface area contributed by atoms with Gasteiger partial charge in [0.1, 0.15) is 0 Å². The fraction of sp³-hybridized carbons (Fsp3) is 0.250. The van der Waals surface area contributed by atoms with Crippen LogP contribution in [0.1, 0.15) is 16.7 Å². The molecule has 2 aromatic rings. The Morgan fingerprint density at radius 3 is 2.06 bits per heavy atom. The largest absolute Gasteiger partial charge is 0.312 e. The highest BCUT2D eigenvalue weighted by Gasteiger charge is 2.05. The van der Waals surface area contributed by atoms with Gasteiger partial charge < -0.3 is 5.32 Å². The van der Waals surface area contributed by atoms with Gasteiger partial charge in [-0.05, 0) is 31.0 Å². The van der Waals surface area contributed by atoms with Crippen LogP contribution in [0.5, 0.6) is 0 Å². The first kappa shape index (κ1) is 11.9. The molecule has 0 aliphatic carbocycles. The molecular formula is C16H19N. The lowest BCUT2D eigenvalue weighted by Gasteiger charge is -2.15. The molecule has 0 fully saturated rings. The molecule has 0 amide bonds. The fourth-order valence-corrected chi connectivity index (χ4v) is 1.95. The van der Waals surface area contributed by atoms with Crippen LogP contribution in [-0.4, -0.2) is 6.54 Å². The van der Waals surface area contributed by atoms with E-state index >= 15 is 0 Å². The van der Waals surface area contributed by atoms with Crippen LogP contribution in [0.2, 0.25) is 0 Å². The van der Waals surface area contributed by atoms with E-state index in [1.54, 1.807) is 0 Å². The van der Waals surface area contributed by atoms with E-state index in [1.165, 1.54) is 23.1 Å². The molecule has 17 heavy (non-hydrogen) atoms. The summed E-state index contributed by atoms with van der Waals surface area (Å²) in [6.45, 7) is 4.27. The number of nitrogens with one attached hydrogen (secondary N) is 1. The number of aryl methyl sites for hydroxylation is 1. The molecule has 0 atom stereocenters. The Kier molecular flexibility index (Phi) is 4.34. The van der Waals surface area contributed by atoms with E-state index in [4.69, 9.17) is 0 Å². The number of fused-ring (bicyclic) bond motifs is 1. The van der Waals surface area contributed by atoms with Gasteiger partial charge in [-0.1, -0.05) is 60.2 Å². The molecule has 0 spiro atoms. The number of benzene rings is 2. The Hall–Kier alpha value is -1.60. The predicted molar refractivity (Wildman–Crippen MR) is 73.0 cm³/mol. The Morgan fingerprint density at radius 2 is 1.47 bits per heavy atom. The van der Waals surface area contributed by atoms with E-state index < -0.39 is 0 Å². The van der Waals surface area contributed by atoms with Gasteiger partial charge in [-0.3, -0.25) is 0 Å². The molecule has 1 heterocycles. The van der Waals surface area contributed by atoms with Gasteiger partial charge in [0.2, 0.25) is 0 Å². The highest BCUT2D eigenvalue weighted by Crippen LogP contribution is 2.11. The topological polar surface area (TPSA) is 12.0 Å². The van der Waals surface area contributed by atoms with Gasteiger partial charge in [-0.15, -0.1) is 0 Å². The van der Waals surface area contributed by atoms with Crippen molar-refractivity contribution in [1.82, 2.24) is 5.32 Å². The highest BCUT2D eigenvalue weighted by molar-refractivity contribution is 5.28. The normalized spacial score (nSPS) is 13.2. The SMILES string of the molecule is Cc1ccccc1.c1ccc2c(c1)CCNC2. The molecule has 0 aromatic heterocycles. The van der Waals surface area contributed by atoms with E-state index in [2.05, 4.69) is 48.6 Å². The van der Waals surface area contributed by atoms with Gasteiger partial charge in [0.25, 0.3) is 0 Å². The Labute approximate surface area is 103 Å². The Balaban J connectivity index is 0.000000136. The third-order valence-electron chi connectivity index (χ3n) is 2.95. The second kappa shape index (κ2) is 6.21. The van der Waals surface area contributed by atoms with Gasteiger partial charge in [0.15, 0.2) is 0 Å². The van der Waals surface area contributed by atoms with Gasteiger partial charge in [-0.2, -0.15) is 0 Å². The quantitative estimate of drug-likeness (QED) is 0.725. The molecule has 0 radical (unpaired) electrons. The molecule has 0 saturated heterocycles. The van der Waals surface area contributed by atoms with Crippen molar-refractivity contribution in [2.24, 2.45) is 0 Å². The predicted octanol–water partition coefficient (Wildman–Crippen LogP) is 3.33. The van der Waals surface area contributed by atoms with Crippen molar-refractivity contribution in [3.05, 3.63) is 71.3 Å². The lowest BCUT2D eigenvalue weighted by atomic mass is 10.0. The van der Waals surface area contributed by atoms with Crippen LogP contribution in [0.25, 0.3) is 0 Å². The van der Waals surface area contributed by atoms with E-state index in [1.807, 2.05) is 18.2 Å². The average molecular weight is 225 g/mol. The number of hydrogen-bond donors (Lipinski definition) is 1. The maximum Gasteiger partial charge on any atom is 0.0208 e. The minimum Gasteiger partial charge on any atom is -0.312 e. The Bertz CT molecular complexity index is 423. The van der Waals surface area contributed by atoms with Crippen molar-refractivity contribution in [3.8, 4) is 0 Å². The van der Waals surface area contributed by atoms with Crippen LogP contribution in [0.15, 0.2) is 54.6 Å². The molecule has 0 saturated carbocycles. The average Bonchev–Trinajstić information content (AvgIpc) is 2.41. The maximum atomic E-state index is 3.34. The summed E-state index contributed by atoms with van der Waals surface area (Å²) in [5.41, 5.74) is 4.30. The summed E-state index contributed by atoms with van der Waals surface area (Å²) in [6, 6.07) is 18.9. The highest BCUT2D eigenvalue weighted by atomic mass is 14.9. The minimum atomic E-state index is 1.05. The molecule has 0 unspecified atom stereocenters. The monoisotopic (exact) mass is 225 g/mol. The maximum absolute atomic E-state index is 3.34.